The van der Waals surface area contributed by atoms with E-state index in [0.29, 0.717) is 5.82 Å². The predicted molar refractivity (Wildman–Crippen MR) is 240 cm³/mol. The highest BCUT2D eigenvalue weighted by molar-refractivity contribution is 7.26. The molecule has 11 rings (SSSR count). The van der Waals surface area contributed by atoms with Gasteiger partial charge in [-0.2, -0.15) is 0 Å². The lowest BCUT2D eigenvalue weighted by Crippen LogP contribution is -1.97. The maximum Gasteiger partial charge on any atom is 0.160 e. The van der Waals surface area contributed by atoms with Crippen molar-refractivity contribution < 1.29 is 0 Å². The molecule has 0 saturated carbocycles. The van der Waals surface area contributed by atoms with Gasteiger partial charge in [-0.3, -0.25) is 0 Å². The molecule has 3 heterocycles. The Bertz CT molecular complexity index is 3250. The molecule has 0 saturated heterocycles. The molecule has 8 aromatic carbocycles. The lowest BCUT2D eigenvalue weighted by molar-refractivity contribution is 1.18. The standard InChI is InChI=1S/C52H32N2S2/c1-3-14-33(15-4-1)36-28-37(35-26-27-49-44(31-35)41-20-9-11-23-47(41)55-49)30-38(29-36)45-32-46(54-52(53-45)34-16-5-2-6-17-34)40-19-8-7-18-39(40)42-22-13-25-50-51(42)43-21-10-12-24-48(43)56-50/h1-32H. The molecular weight excluding hydrogens is 717 g/mol. The Morgan fingerprint density at radius 1 is 0.286 bits per heavy atom. The van der Waals surface area contributed by atoms with E-state index in [1.54, 1.807) is 0 Å². The molecule has 0 unspecified atom stereocenters. The SMILES string of the molecule is c1ccc(-c2cc(-c3ccc4sc5ccccc5c4c3)cc(-c3cc(-c4ccccc4-c4cccc5sc6ccccc6c45)nc(-c4ccccc4)n3)c2)cc1. The van der Waals surface area contributed by atoms with Crippen molar-refractivity contribution in [1.82, 2.24) is 9.97 Å². The first kappa shape index (κ1) is 32.7. The van der Waals surface area contributed by atoms with E-state index in [0.717, 1.165) is 50.3 Å². The summed E-state index contributed by atoms with van der Waals surface area (Å²) in [5, 5.41) is 5.15. The Morgan fingerprint density at radius 2 is 0.839 bits per heavy atom. The summed E-state index contributed by atoms with van der Waals surface area (Å²) < 4.78 is 5.19. The Labute approximate surface area is 332 Å². The van der Waals surface area contributed by atoms with Crippen molar-refractivity contribution in [1.29, 1.82) is 0 Å². The van der Waals surface area contributed by atoms with Gasteiger partial charge >= 0.3 is 0 Å². The van der Waals surface area contributed by atoms with Gasteiger partial charge in [-0.1, -0.05) is 140 Å². The quantitative estimate of drug-likeness (QED) is 0.169. The van der Waals surface area contributed by atoms with Gasteiger partial charge in [-0.05, 0) is 88.0 Å². The molecule has 0 radical (unpaired) electrons. The second-order valence-corrected chi connectivity index (χ2v) is 16.3. The third-order valence-corrected chi connectivity index (χ3v) is 13.0. The smallest absolute Gasteiger partial charge is 0.160 e. The van der Waals surface area contributed by atoms with Crippen LogP contribution in [0.2, 0.25) is 0 Å². The maximum absolute atomic E-state index is 5.33. The molecule has 0 N–H and O–H groups in total. The van der Waals surface area contributed by atoms with Crippen molar-refractivity contribution in [2.75, 3.05) is 0 Å². The summed E-state index contributed by atoms with van der Waals surface area (Å²) >= 11 is 3.70. The van der Waals surface area contributed by atoms with E-state index in [4.69, 9.17) is 9.97 Å². The van der Waals surface area contributed by atoms with E-state index in [9.17, 15) is 0 Å². The van der Waals surface area contributed by atoms with Crippen LogP contribution in [-0.2, 0) is 0 Å². The lowest BCUT2D eigenvalue weighted by Gasteiger charge is -2.15. The largest absolute Gasteiger partial charge is 0.228 e. The molecule has 262 valence electrons. The van der Waals surface area contributed by atoms with Crippen LogP contribution >= 0.6 is 22.7 Å². The summed E-state index contributed by atoms with van der Waals surface area (Å²) in [6.07, 6.45) is 0. The third-order valence-electron chi connectivity index (χ3n) is 10.7. The Balaban J connectivity index is 1.14. The minimum atomic E-state index is 0.699. The average molecular weight is 749 g/mol. The van der Waals surface area contributed by atoms with Crippen LogP contribution in [0, 0.1) is 0 Å². The summed E-state index contributed by atoms with van der Waals surface area (Å²) in [4.78, 5) is 10.7. The van der Waals surface area contributed by atoms with Gasteiger partial charge < -0.3 is 0 Å². The zero-order valence-electron chi connectivity index (χ0n) is 30.2. The molecule has 0 aliphatic heterocycles. The van der Waals surface area contributed by atoms with Crippen molar-refractivity contribution in [3.05, 3.63) is 194 Å². The minimum absolute atomic E-state index is 0.699. The van der Waals surface area contributed by atoms with Crippen LogP contribution in [0.15, 0.2) is 194 Å². The van der Waals surface area contributed by atoms with E-state index in [1.165, 1.54) is 51.5 Å². The van der Waals surface area contributed by atoms with Gasteiger partial charge in [0.15, 0.2) is 5.82 Å². The molecule has 11 aromatic rings. The van der Waals surface area contributed by atoms with Crippen molar-refractivity contribution in [2.24, 2.45) is 0 Å². The first-order chi connectivity index (χ1) is 27.7. The van der Waals surface area contributed by atoms with Crippen LogP contribution in [0.3, 0.4) is 0 Å². The molecule has 0 bridgehead atoms. The first-order valence-electron chi connectivity index (χ1n) is 18.8. The highest BCUT2D eigenvalue weighted by atomic mass is 32.1. The Hall–Kier alpha value is -6.72. The highest BCUT2D eigenvalue weighted by Crippen LogP contribution is 2.44. The number of hydrogen-bond donors (Lipinski definition) is 0. The second-order valence-electron chi connectivity index (χ2n) is 14.1. The molecule has 56 heavy (non-hydrogen) atoms. The zero-order chi connectivity index (χ0) is 37.0. The van der Waals surface area contributed by atoms with Gasteiger partial charge in [0.25, 0.3) is 0 Å². The maximum atomic E-state index is 5.33. The number of fused-ring (bicyclic) bond motifs is 6. The van der Waals surface area contributed by atoms with Crippen molar-refractivity contribution in [3.63, 3.8) is 0 Å². The van der Waals surface area contributed by atoms with Gasteiger partial charge in [0, 0.05) is 57.0 Å². The van der Waals surface area contributed by atoms with Crippen LogP contribution < -0.4 is 0 Å². The highest BCUT2D eigenvalue weighted by Gasteiger charge is 2.18. The van der Waals surface area contributed by atoms with Gasteiger partial charge in [-0.15, -0.1) is 22.7 Å². The molecule has 0 atom stereocenters. The van der Waals surface area contributed by atoms with Crippen LogP contribution in [0.4, 0.5) is 0 Å². The van der Waals surface area contributed by atoms with Crippen LogP contribution in [-0.4, -0.2) is 9.97 Å². The fraction of sp³-hybridized carbons (Fsp3) is 0. The second kappa shape index (κ2) is 13.5. The number of nitrogens with zero attached hydrogens (tertiary/aromatic N) is 2. The van der Waals surface area contributed by atoms with E-state index in [1.807, 2.05) is 28.7 Å². The fourth-order valence-corrected chi connectivity index (χ4v) is 10.3. The van der Waals surface area contributed by atoms with Crippen LogP contribution in [0.5, 0.6) is 0 Å². The number of hydrogen-bond acceptors (Lipinski definition) is 4. The van der Waals surface area contributed by atoms with Crippen molar-refractivity contribution >= 4 is 63.0 Å². The topological polar surface area (TPSA) is 25.8 Å². The average Bonchev–Trinajstić information content (AvgIpc) is 3.85. The van der Waals surface area contributed by atoms with E-state index >= 15 is 0 Å². The fourth-order valence-electron chi connectivity index (χ4n) is 8.03. The van der Waals surface area contributed by atoms with E-state index < -0.39 is 0 Å². The van der Waals surface area contributed by atoms with Gasteiger partial charge in [-0.25, -0.2) is 9.97 Å². The van der Waals surface area contributed by atoms with Gasteiger partial charge in [0.2, 0.25) is 0 Å². The Morgan fingerprint density at radius 3 is 1.64 bits per heavy atom. The molecule has 3 aromatic heterocycles. The number of benzene rings is 8. The summed E-state index contributed by atoms with van der Waals surface area (Å²) in [7, 11) is 0. The lowest BCUT2D eigenvalue weighted by atomic mass is 9.92. The van der Waals surface area contributed by atoms with E-state index in [-0.39, 0.29) is 0 Å². The van der Waals surface area contributed by atoms with Crippen LogP contribution in [0.1, 0.15) is 0 Å². The van der Waals surface area contributed by atoms with Crippen molar-refractivity contribution in [3.8, 4) is 67.3 Å². The summed E-state index contributed by atoms with van der Waals surface area (Å²) in [5.41, 5.74) is 11.9. The summed E-state index contributed by atoms with van der Waals surface area (Å²) in [6, 6.07) is 69.7. The van der Waals surface area contributed by atoms with E-state index in [2.05, 4.69) is 188 Å². The molecule has 0 fully saturated rings. The third kappa shape index (κ3) is 5.70. The number of thiophene rings is 2. The number of rotatable bonds is 6. The molecular formula is C52H32N2S2. The van der Waals surface area contributed by atoms with Gasteiger partial charge in [0.05, 0.1) is 11.4 Å². The Kier molecular flexibility index (Phi) is 7.90. The molecule has 0 aliphatic carbocycles. The molecule has 0 spiro atoms. The molecule has 4 heteroatoms. The van der Waals surface area contributed by atoms with Crippen LogP contribution in [0.25, 0.3) is 108 Å². The van der Waals surface area contributed by atoms with Gasteiger partial charge in [0.1, 0.15) is 0 Å². The number of aromatic nitrogens is 2. The molecule has 0 aliphatic rings. The predicted octanol–water partition coefficient (Wildman–Crippen LogP) is 15.2. The summed E-state index contributed by atoms with van der Waals surface area (Å²) in [5.74, 6) is 0.699. The molecule has 0 amide bonds. The van der Waals surface area contributed by atoms with Crippen molar-refractivity contribution in [2.45, 2.75) is 0 Å². The zero-order valence-corrected chi connectivity index (χ0v) is 31.8. The summed E-state index contributed by atoms with van der Waals surface area (Å²) in [6.45, 7) is 0. The monoisotopic (exact) mass is 748 g/mol. The first-order valence-corrected chi connectivity index (χ1v) is 20.4. The normalized spacial score (nSPS) is 11.6. The minimum Gasteiger partial charge on any atom is -0.228 e. The molecule has 2 nitrogen and oxygen atoms in total.